The van der Waals surface area contributed by atoms with Crippen LogP contribution in [0.25, 0.3) is 16.7 Å². The zero-order valence-electron chi connectivity index (χ0n) is 17.9. The van der Waals surface area contributed by atoms with Crippen molar-refractivity contribution in [3.05, 3.63) is 72.1 Å². The summed E-state index contributed by atoms with van der Waals surface area (Å²) in [6.45, 7) is 1.82. The molecule has 11 heteroatoms. The van der Waals surface area contributed by atoms with E-state index in [1.165, 1.54) is 25.3 Å². The van der Waals surface area contributed by atoms with Crippen LogP contribution in [0.1, 0.15) is 16.1 Å². The van der Waals surface area contributed by atoms with Crippen LogP contribution >= 0.6 is 0 Å². The standard InChI is InChI=1S/C22H20F3N5O3/c1-14-11-12-29(28-14)16-9-10-18-17(13-16)26-20(32-2)30(18)22(33-3,21(23,24)25)27-19(31)15-7-5-4-6-8-15/h4-13H,1-3H3,(H,27,31). The molecule has 1 atom stereocenters. The maximum atomic E-state index is 14.5. The number of halogens is 3. The van der Waals surface area contributed by atoms with E-state index in [9.17, 15) is 18.0 Å². The highest BCUT2D eigenvalue weighted by molar-refractivity contribution is 5.94. The summed E-state index contributed by atoms with van der Waals surface area (Å²) in [6.07, 6.45) is -3.36. The zero-order valence-corrected chi connectivity index (χ0v) is 17.9. The second-order valence-electron chi connectivity index (χ2n) is 7.17. The van der Waals surface area contributed by atoms with Crippen LogP contribution in [0.3, 0.4) is 0 Å². The first-order chi connectivity index (χ1) is 15.7. The third-order valence-corrected chi connectivity index (χ3v) is 5.09. The number of ether oxygens (including phenoxy) is 2. The maximum absolute atomic E-state index is 14.5. The third-order valence-electron chi connectivity index (χ3n) is 5.09. The number of alkyl halides is 3. The van der Waals surface area contributed by atoms with Crippen LogP contribution in [0.2, 0.25) is 0 Å². The van der Waals surface area contributed by atoms with Crippen LogP contribution in [0.5, 0.6) is 6.01 Å². The predicted molar refractivity (Wildman–Crippen MR) is 113 cm³/mol. The Bertz CT molecular complexity index is 1300. The number of rotatable bonds is 6. The van der Waals surface area contributed by atoms with E-state index in [0.717, 1.165) is 12.8 Å². The van der Waals surface area contributed by atoms with E-state index in [1.54, 1.807) is 47.3 Å². The van der Waals surface area contributed by atoms with Gasteiger partial charge in [-0.15, -0.1) is 0 Å². The number of amides is 1. The quantitative estimate of drug-likeness (QED) is 0.444. The van der Waals surface area contributed by atoms with Gasteiger partial charge in [0.05, 0.1) is 29.5 Å². The van der Waals surface area contributed by atoms with Gasteiger partial charge in [-0.25, -0.2) is 9.25 Å². The molecule has 0 saturated carbocycles. The summed E-state index contributed by atoms with van der Waals surface area (Å²) >= 11 is 0. The summed E-state index contributed by atoms with van der Waals surface area (Å²) in [5.74, 6) is -4.27. The van der Waals surface area contributed by atoms with E-state index in [0.29, 0.717) is 10.3 Å². The molecule has 0 bridgehead atoms. The number of methoxy groups -OCH3 is 2. The minimum atomic E-state index is -5.08. The number of carbonyl (C=O) groups excluding carboxylic acids is 1. The normalized spacial score (nSPS) is 13.6. The van der Waals surface area contributed by atoms with Gasteiger partial charge in [0.1, 0.15) is 0 Å². The summed E-state index contributed by atoms with van der Waals surface area (Å²) in [4.78, 5) is 17.0. The highest BCUT2D eigenvalue weighted by Crippen LogP contribution is 2.41. The largest absolute Gasteiger partial charge is 0.468 e. The van der Waals surface area contributed by atoms with E-state index < -0.39 is 23.9 Å². The van der Waals surface area contributed by atoms with Crippen LogP contribution < -0.4 is 10.1 Å². The van der Waals surface area contributed by atoms with Crippen molar-refractivity contribution in [3.8, 4) is 11.7 Å². The van der Waals surface area contributed by atoms with Crippen LogP contribution in [0.4, 0.5) is 13.2 Å². The van der Waals surface area contributed by atoms with Gasteiger partial charge >= 0.3 is 18.0 Å². The first-order valence-corrected chi connectivity index (χ1v) is 9.79. The molecule has 2 aromatic heterocycles. The molecule has 0 radical (unpaired) electrons. The number of aryl methyl sites for hydroxylation is 1. The second kappa shape index (κ2) is 8.24. The Labute approximate surface area is 186 Å². The van der Waals surface area contributed by atoms with Crippen LogP contribution in [-0.4, -0.2) is 45.6 Å². The van der Waals surface area contributed by atoms with Gasteiger partial charge in [0.2, 0.25) is 0 Å². The van der Waals surface area contributed by atoms with Crippen molar-refractivity contribution in [1.82, 2.24) is 24.6 Å². The lowest BCUT2D eigenvalue weighted by molar-refractivity contribution is -0.317. The Morgan fingerprint density at radius 3 is 2.36 bits per heavy atom. The van der Waals surface area contributed by atoms with E-state index >= 15 is 0 Å². The fourth-order valence-electron chi connectivity index (χ4n) is 3.52. The Kier molecular flexibility index (Phi) is 5.58. The minimum Gasteiger partial charge on any atom is -0.468 e. The third kappa shape index (κ3) is 3.80. The van der Waals surface area contributed by atoms with Crippen molar-refractivity contribution in [2.45, 2.75) is 18.9 Å². The average Bonchev–Trinajstić information content (AvgIpc) is 3.40. The lowest BCUT2D eigenvalue weighted by Crippen LogP contribution is -2.61. The molecule has 0 aliphatic heterocycles. The smallest absolute Gasteiger partial charge is 0.459 e. The first-order valence-electron chi connectivity index (χ1n) is 9.79. The van der Waals surface area contributed by atoms with Gasteiger partial charge in [0, 0.05) is 18.9 Å². The number of imidazole rings is 1. The number of hydrogen-bond donors (Lipinski definition) is 1. The fraction of sp³-hybridized carbons (Fsp3) is 0.227. The summed E-state index contributed by atoms with van der Waals surface area (Å²) in [5, 5.41) is 6.30. The van der Waals surface area contributed by atoms with Crippen molar-refractivity contribution < 1.29 is 27.4 Å². The molecule has 0 aliphatic carbocycles. The molecular formula is C22H20F3N5O3. The van der Waals surface area contributed by atoms with Crippen LogP contribution in [0, 0.1) is 6.92 Å². The van der Waals surface area contributed by atoms with E-state index in [2.05, 4.69) is 10.1 Å². The van der Waals surface area contributed by atoms with E-state index in [4.69, 9.17) is 9.47 Å². The van der Waals surface area contributed by atoms with Crippen LogP contribution in [0.15, 0.2) is 60.8 Å². The summed E-state index contributed by atoms with van der Waals surface area (Å²) in [5.41, 5.74) is 1.62. The molecule has 0 spiro atoms. The number of benzene rings is 2. The number of carbonyl (C=O) groups is 1. The second-order valence-corrected chi connectivity index (χ2v) is 7.17. The molecule has 8 nitrogen and oxygen atoms in total. The van der Waals surface area contributed by atoms with Crippen molar-refractivity contribution >= 4 is 16.9 Å². The van der Waals surface area contributed by atoms with Crippen molar-refractivity contribution in [1.29, 1.82) is 0 Å². The summed E-state index contributed by atoms with van der Waals surface area (Å²) in [7, 11) is 2.04. The van der Waals surface area contributed by atoms with Crippen molar-refractivity contribution in [3.63, 3.8) is 0 Å². The van der Waals surface area contributed by atoms with Crippen molar-refractivity contribution in [2.24, 2.45) is 0 Å². The zero-order chi connectivity index (χ0) is 23.8. The molecular weight excluding hydrogens is 439 g/mol. The molecule has 0 fully saturated rings. The number of hydrogen-bond acceptors (Lipinski definition) is 5. The van der Waals surface area contributed by atoms with E-state index in [-0.39, 0.29) is 16.6 Å². The van der Waals surface area contributed by atoms with E-state index in [1.807, 2.05) is 12.2 Å². The maximum Gasteiger partial charge on any atom is 0.459 e. The SMILES string of the molecule is COc1nc2cc(-n3ccc(C)n3)ccc2n1C(NC(=O)c1ccccc1)(OC)C(F)(F)F. The molecule has 1 N–H and O–H groups in total. The molecule has 2 heterocycles. The Morgan fingerprint density at radius 2 is 1.79 bits per heavy atom. The minimum absolute atomic E-state index is 0.0305. The number of nitrogens with one attached hydrogen (secondary N) is 1. The summed E-state index contributed by atoms with van der Waals surface area (Å²) in [6, 6.07) is 13.5. The number of fused-ring (bicyclic) bond motifs is 1. The topological polar surface area (TPSA) is 83.2 Å². The fourth-order valence-corrected chi connectivity index (χ4v) is 3.52. The average molecular weight is 459 g/mol. The lowest BCUT2D eigenvalue weighted by Gasteiger charge is -2.36. The first kappa shape index (κ1) is 22.3. The molecule has 172 valence electrons. The molecule has 4 rings (SSSR count). The highest BCUT2D eigenvalue weighted by atomic mass is 19.4. The highest BCUT2D eigenvalue weighted by Gasteiger charge is 2.61. The molecule has 1 unspecified atom stereocenters. The Morgan fingerprint density at radius 1 is 1.06 bits per heavy atom. The Balaban J connectivity index is 1.89. The molecule has 0 saturated heterocycles. The number of nitrogens with zero attached hydrogens (tertiary/aromatic N) is 4. The predicted octanol–water partition coefficient (Wildman–Crippen LogP) is 3.79. The van der Waals surface area contributed by atoms with Gasteiger partial charge in [-0.05, 0) is 43.3 Å². The van der Waals surface area contributed by atoms with Crippen LogP contribution in [-0.2, 0) is 10.6 Å². The summed E-state index contributed by atoms with van der Waals surface area (Å²) < 4.78 is 56.0. The van der Waals surface area contributed by atoms with Gasteiger partial charge in [-0.2, -0.15) is 23.3 Å². The molecule has 4 aromatic rings. The molecule has 33 heavy (non-hydrogen) atoms. The Hall–Kier alpha value is -3.86. The van der Waals surface area contributed by atoms with Gasteiger partial charge in [0.25, 0.3) is 5.91 Å². The van der Waals surface area contributed by atoms with Gasteiger partial charge in [-0.3, -0.25) is 10.1 Å². The monoisotopic (exact) mass is 459 g/mol. The number of aromatic nitrogens is 4. The lowest BCUT2D eigenvalue weighted by atomic mass is 10.2. The molecule has 0 aliphatic rings. The van der Waals surface area contributed by atoms with Crippen molar-refractivity contribution in [2.75, 3.05) is 14.2 Å². The van der Waals surface area contributed by atoms with Gasteiger partial charge in [0.15, 0.2) is 0 Å². The molecule has 2 aromatic carbocycles. The van der Waals surface area contributed by atoms with Gasteiger partial charge in [-0.1, -0.05) is 18.2 Å². The van der Waals surface area contributed by atoms with Gasteiger partial charge < -0.3 is 9.47 Å². The molecule has 1 amide bonds.